The molecule has 0 atom stereocenters. The topological polar surface area (TPSA) is 35.5 Å². The number of carbonyl (C=O) groups is 1. The molecule has 0 bridgehead atoms. The summed E-state index contributed by atoms with van der Waals surface area (Å²) in [5.41, 5.74) is 3.34. The third-order valence-corrected chi connectivity index (χ3v) is 5.91. The number of benzene rings is 4. The second-order valence-electron chi connectivity index (χ2n) is 8.49. The van der Waals surface area contributed by atoms with E-state index in [-0.39, 0.29) is 5.56 Å². The van der Waals surface area contributed by atoms with Crippen molar-refractivity contribution >= 4 is 5.97 Å². The molecule has 0 saturated carbocycles. The van der Waals surface area contributed by atoms with Gasteiger partial charge in [-0.2, -0.15) is 8.78 Å². The lowest BCUT2D eigenvalue weighted by molar-refractivity contribution is 0.0716. The van der Waals surface area contributed by atoms with Crippen LogP contribution in [0.1, 0.15) is 36.5 Å². The van der Waals surface area contributed by atoms with Gasteiger partial charge in [-0.3, -0.25) is 0 Å². The van der Waals surface area contributed by atoms with Crippen molar-refractivity contribution in [1.82, 2.24) is 0 Å². The number of halogens is 5. The maximum atomic E-state index is 13.8. The number of hydrogen-bond donors (Lipinski definition) is 0. The minimum atomic E-state index is -2.34. The highest BCUT2D eigenvalue weighted by molar-refractivity contribution is 5.91. The fourth-order valence-corrected chi connectivity index (χ4v) is 3.83. The Morgan fingerprint density at radius 3 is 1.79 bits per heavy atom. The summed E-state index contributed by atoms with van der Waals surface area (Å²) in [6.45, 7) is 2.78. The Morgan fingerprint density at radius 1 is 0.658 bits per heavy atom. The van der Waals surface area contributed by atoms with E-state index in [0.717, 1.165) is 47.3 Å². The van der Waals surface area contributed by atoms with Crippen LogP contribution in [0.15, 0.2) is 72.8 Å². The quantitative estimate of drug-likeness (QED) is 0.0548. The first-order chi connectivity index (χ1) is 18.3. The molecule has 4 aromatic carbocycles. The number of rotatable bonds is 9. The summed E-state index contributed by atoms with van der Waals surface area (Å²) in [6.07, 6.45) is 3.19. The maximum absolute atomic E-state index is 13.8. The Bertz CT molecular complexity index is 1400. The van der Waals surface area contributed by atoms with E-state index in [9.17, 15) is 26.7 Å². The first-order valence-electron chi connectivity index (χ1n) is 12.0. The minimum absolute atomic E-state index is 0.136. The monoisotopic (exact) mass is 526 g/mol. The van der Waals surface area contributed by atoms with Crippen LogP contribution >= 0.6 is 0 Å². The van der Waals surface area contributed by atoms with Gasteiger partial charge in [-0.15, -0.1) is 0 Å². The van der Waals surface area contributed by atoms with Crippen LogP contribution in [0.25, 0.3) is 22.3 Å². The Morgan fingerprint density at radius 2 is 1.18 bits per heavy atom. The number of ether oxygens (including phenoxy) is 2. The summed E-state index contributed by atoms with van der Waals surface area (Å²) < 4.78 is 78.1. The second kappa shape index (κ2) is 11.9. The summed E-state index contributed by atoms with van der Waals surface area (Å²) in [7, 11) is 0. The summed E-state index contributed by atoms with van der Waals surface area (Å²) in [6, 6.07) is 21.3. The van der Waals surface area contributed by atoms with Gasteiger partial charge in [0.05, 0.1) is 12.2 Å². The van der Waals surface area contributed by atoms with Crippen LogP contribution < -0.4 is 9.47 Å². The van der Waals surface area contributed by atoms with Gasteiger partial charge in [-0.05, 0) is 41.3 Å². The zero-order chi connectivity index (χ0) is 27.2. The second-order valence-corrected chi connectivity index (χ2v) is 8.49. The average Bonchev–Trinajstić information content (AvgIpc) is 2.96. The number of carbonyl (C=O) groups excluding carboxylic acids is 1. The number of para-hydroxylation sites is 1. The Balaban J connectivity index is 1.49. The zero-order valence-electron chi connectivity index (χ0n) is 20.4. The van der Waals surface area contributed by atoms with Crippen molar-refractivity contribution in [3.8, 4) is 33.8 Å². The van der Waals surface area contributed by atoms with Gasteiger partial charge in [0.2, 0.25) is 34.8 Å². The third kappa shape index (κ3) is 5.69. The lowest BCUT2D eigenvalue weighted by Crippen LogP contribution is -2.13. The molecule has 196 valence electrons. The van der Waals surface area contributed by atoms with E-state index in [1.54, 1.807) is 12.1 Å². The van der Waals surface area contributed by atoms with Crippen molar-refractivity contribution in [2.45, 2.75) is 26.2 Å². The van der Waals surface area contributed by atoms with Crippen molar-refractivity contribution in [2.75, 3.05) is 6.61 Å². The highest BCUT2D eigenvalue weighted by atomic mass is 19.2. The van der Waals surface area contributed by atoms with Gasteiger partial charge >= 0.3 is 5.97 Å². The number of hydrogen-bond acceptors (Lipinski definition) is 3. The summed E-state index contributed by atoms with van der Waals surface area (Å²) in [5, 5.41) is 0. The lowest BCUT2D eigenvalue weighted by Gasteiger charge is -2.12. The molecule has 0 aliphatic heterocycles. The van der Waals surface area contributed by atoms with Crippen LogP contribution in [-0.4, -0.2) is 12.6 Å². The van der Waals surface area contributed by atoms with Gasteiger partial charge in [-0.1, -0.05) is 74.4 Å². The maximum Gasteiger partial charge on any atom is 0.343 e. The van der Waals surface area contributed by atoms with Crippen LogP contribution in [0.4, 0.5) is 22.0 Å². The first-order valence-corrected chi connectivity index (χ1v) is 12.0. The van der Waals surface area contributed by atoms with Crippen molar-refractivity contribution in [3.63, 3.8) is 0 Å². The van der Waals surface area contributed by atoms with E-state index in [0.29, 0.717) is 6.61 Å². The van der Waals surface area contributed by atoms with Crippen LogP contribution in [0.5, 0.6) is 11.5 Å². The lowest BCUT2D eigenvalue weighted by atomic mass is 9.99. The van der Waals surface area contributed by atoms with Crippen molar-refractivity contribution in [2.24, 2.45) is 0 Å². The molecule has 0 aliphatic rings. The standard InChI is InChI=1S/C30H23F5O3/c1-2-3-6-17-37-23-8-5-4-7-22(23)20-13-9-18(10-14-20)19-11-15-21(16-12-19)30(36)38-29-27(34)25(32)24(31)26(33)28(29)35/h4-5,7-16H,2-3,6,17H2,1H3. The number of unbranched alkanes of at least 4 members (excludes halogenated alkanes) is 2. The van der Waals surface area contributed by atoms with Crippen LogP contribution in [-0.2, 0) is 0 Å². The van der Waals surface area contributed by atoms with Crippen molar-refractivity contribution in [1.29, 1.82) is 0 Å². The molecule has 0 fully saturated rings. The van der Waals surface area contributed by atoms with E-state index in [1.807, 2.05) is 48.5 Å². The molecule has 0 unspecified atom stereocenters. The molecule has 4 aromatic rings. The summed E-state index contributed by atoms with van der Waals surface area (Å²) in [4.78, 5) is 12.3. The van der Waals surface area contributed by atoms with Crippen molar-refractivity contribution < 1.29 is 36.2 Å². The molecule has 0 aliphatic carbocycles. The highest BCUT2D eigenvalue weighted by Gasteiger charge is 2.28. The van der Waals surface area contributed by atoms with E-state index < -0.39 is 40.8 Å². The summed E-state index contributed by atoms with van der Waals surface area (Å²) in [5.74, 6) is -13.3. The predicted octanol–water partition coefficient (Wildman–Crippen LogP) is 8.50. The van der Waals surface area contributed by atoms with E-state index in [4.69, 9.17) is 4.74 Å². The van der Waals surface area contributed by atoms with Gasteiger partial charge < -0.3 is 9.47 Å². The molecule has 3 nitrogen and oxygen atoms in total. The first kappa shape index (κ1) is 26.9. The highest BCUT2D eigenvalue weighted by Crippen LogP contribution is 2.33. The van der Waals surface area contributed by atoms with Gasteiger partial charge in [-0.25, -0.2) is 18.0 Å². The minimum Gasteiger partial charge on any atom is -0.493 e. The average molecular weight is 527 g/mol. The third-order valence-electron chi connectivity index (χ3n) is 5.91. The Hall–Kier alpha value is -4.20. The molecule has 0 spiro atoms. The Kier molecular flexibility index (Phi) is 8.41. The molecule has 0 saturated heterocycles. The fraction of sp³-hybridized carbons (Fsp3) is 0.167. The van der Waals surface area contributed by atoms with Gasteiger partial charge in [0.15, 0.2) is 0 Å². The summed E-state index contributed by atoms with van der Waals surface area (Å²) >= 11 is 0. The molecular formula is C30H23F5O3. The van der Waals surface area contributed by atoms with E-state index in [2.05, 4.69) is 11.7 Å². The van der Waals surface area contributed by atoms with E-state index in [1.165, 1.54) is 12.1 Å². The largest absolute Gasteiger partial charge is 0.493 e. The van der Waals surface area contributed by atoms with E-state index >= 15 is 0 Å². The number of esters is 1. The van der Waals surface area contributed by atoms with Gasteiger partial charge in [0, 0.05) is 5.56 Å². The predicted molar refractivity (Wildman–Crippen MR) is 134 cm³/mol. The molecule has 0 amide bonds. The van der Waals surface area contributed by atoms with Crippen LogP contribution in [0, 0.1) is 29.1 Å². The molecule has 0 heterocycles. The van der Waals surface area contributed by atoms with Crippen LogP contribution in [0.3, 0.4) is 0 Å². The molecular weight excluding hydrogens is 503 g/mol. The molecule has 38 heavy (non-hydrogen) atoms. The smallest absolute Gasteiger partial charge is 0.343 e. The Labute approximate surface area is 216 Å². The molecule has 0 radical (unpaired) electrons. The molecule has 0 aromatic heterocycles. The molecule has 4 rings (SSSR count). The normalized spacial score (nSPS) is 10.9. The fourth-order valence-electron chi connectivity index (χ4n) is 3.83. The van der Waals surface area contributed by atoms with Gasteiger partial charge in [0.1, 0.15) is 5.75 Å². The SMILES string of the molecule is CCCCCOc1ccccc1-c1ccc(-c2ccc(C(=O)Oc3c(F)c(F)c(F)c(F)c3F)cc2)cc1. The van der Waals surface area contributed by atoms with Gasteiger partial charge in [0.25, 0.3) is 0 Å². The van der Waals surface area contributed by atoms with Crippen molar-refractivity contribution in [3.05, 3.63) is 107 Å². The van der Waals surface area contributed by atoms with Crippen LogP contribution in [0.2, 0.25) is 0 Å². The molecule has 0 N–H and O–H groups in total. The zero-order valence-corrected chi connectivity index (χ0v) is 20.4. The molecule has 8 heteroatoms.